The fourth-order valence-electron chi connectivity index (χ4n) is 4.79. The van der Waals surface area contributed by atoms with Crippen molar-refractivity contribution in [3.05, 3.63) is 26.4 Å². The average Bonchev–Trinajstić information content (AvgIpc) is 2.86. The van der Waals surface area contributed by atoms with Gasteiger partial charge in [-0.15, -0.1) is 0 Å². The molecule has 3 aliphatic rings. The SMILES string of the molecule is Cn1c(NC2C3C4CCC(C4)C23)c(C#N)c(=O)n(C)c1=O. The van der Waals surface area contributed by atoms with Crippen LogP contribution in [-0.4, -0.2) is 15.2 Å². The van der Waals surface area contributed by atoms with Crippen molar-refractivity contribution in [2.45, 2.75) is 25.3 Å². The molecule has 6 nitrogen and oxygen atoms in total. The summed E-state index contributed by atoms with van der Waals surface area (Å²) in [5.74, 6) is 3.34. The van der Waals surface area contributed by atoms with Gasteiger partial charge in [0.05, 0.1) is 0 Å². The maximum atomic E-state index is 12.1. The normalized spacial score (nSPS) is 35.4. The van der Waals surface area contributed by atoms with E-state index < -0.39 is 11.2 Å². The smallest absolute Gasteiger partial charge is 0.332 e. The third-order valence-corrected chi connectivity index (χ3v) is 5.82. The van der Waals surface area contributed by atoms with Crippen LogP contribution in [0.5, 0.6) is 0 Å². The number of anilines is 1. The van der Waals surface area contributed by atoms with E-state index in [1.54, 1.807) is 7.05 Å². The van der Waals surface area contributed by atoms with Crippen LogP contribution in [0, 0.1) is 35.0 Å². The summed E-state index contributed by atoms with van der Waals surface area (Å²) in [6.07, 6.45) is 3.96. The van der Waals surface area contributed by atoms with Crippen molar-refractivity contribution >= 4 is 5.82 Å². The van der Waals surface area contributed by atoms with E-state index in [1.807, 2.05) is 6.07 Å². The van der Waals surface area contributed by atoms with Gasteiger partial charge in [-0.25, -0.2) is 4.79 Å². The van der Waals surface area contributed by atoms with Gasteiger partial charge < -0.3 is 5.32 Å². The molecule has 2 bridgehead atoms. The number of fused-ring (bicyclic) bond motifs is 5. The summed E-state index contributed by atoms with van der Waals surface area (Å²) in [7, 11) is 3.01. The molecule has 1 aromatic rings. The largest absolute Gasteiger partial charge is 0.367 e. The van der Waals surface area contributed by atoms with E-state index in [-0.39, 0.29) is 5.56 Å². The lowest BCUT2D eigenvalue weighted by Gasteiger charge is -2.16. The molecule has 0 aliphatic heterocycles. The maximum absolute atomic E-state index is 12.1. The van der Waals surface area contributed by atoms with Crippen LogP contribution < -0.4 is 16.6 Å². The predicted molar refractivity (Wildman–Crippen MR) is 76.9 cm³/mol. The summed E-state index contributed by atoms with van der Waals surface area (Å²) in [6, 6.07) is 2.29. The second-order valence-corrected chi connectivity index (χ2v) is 6.70. The maximum Gasteiger partial charge on any atom is 0.332 e. The van der Waals surface area contributed by atoms with Crippen LogP contribution in [0.25, 0.3) is 0 Å². The van der Waals surface area contributed by atoms with Gasteiger partial charge in [0, 0.05) is 20.1 Å². The molecule has 3 aliphatic carbocycles. The molecule has 0 amide bonds. The van der Waals surface area contributed by atoms with Gasteiger partial charge in [-0.2, -0.15) is 5.26 Å². The molecule has 0 spiro atoms. The molecular weight excluding hydrogens is 268 g/mol. The van der Waals surface area contributed by atoms with Crippen molar-refractivity contribution in [1.29, 1.82) is 5.26 Å². The van der Waals surface area contributed by atoms with Crippen LogP contribution in [0.1, 0.15) is 24.8 Å². The van der Waals surface area contributed by atoms with E-state index >= 15 is 0 Å². The highest BCUT2D eigenvalue weighted by Crippen LogP contribution is 2.66. The van der Waals surface area contributed by atoms with E-state index in [0.29, 0.717) is 23.7 Å². The molecule has 4 rings (SSSR count). The number of hydrogen-bond donors (Lipinski definition) is 1. The molecule has 1 heterocycles. The Morgan fingerprint density at radius 1 is 1.14 bits per heavy atom. The van der Waals surface area contributed by atoms with Gasteiger partial charge in [0.1, 0.15) is 11.9 Å². The highest BCUT2D eigenvalue weighted by molar-refractivity contribution is 5.53. The first kappa shape index (κ1) is 12.7. The van der Waals surface area contributed by atoms with Gasteiger partial charge in [0.2, 0.25) is 0 Å². The van der Waals surface area contributed by atoms with Crippen LogP contribution in [0.4, 0.5) is 5.82 Å². The Bertz CT molecular complexity index is 769. The Balaban J connectivity index is 1.72. The lowest BCUT2D eigenvalue weighted by atomic mass is 10.0. The highest BCUT2D eigenvalue weighted by Gasteiger charge is 2.65. The Morgan fingerprint density at radius 2 is 1.76 bits per heavy atom. The van der Waals surface area contributed by atoms with Crippen LogP contribution >= 0.6 is 0 Å². The Morgan fingerprint density at radius 3 is 2.33 bits per heavy atom. The van der Waals surface area contributed by atoms with Gasteiger partial charge in [-0.3, -0.25) is 13.9 Å². The topological polar surface area (TPSA) is 79.8 Å². The van der Waals surface area contributed by atoms with E-state index in [9.17, 15) is 14.9 Å². The number of hydrogen-bond acceptors (Lipinski definition) is 4. The summed E-state index contributed by atoms with van der Waals surface area (Å²) in [6.45, 7) is 0. The second kappa shape index (κ2) is 4.00. The predicted octanol–water partition coefficient (Wildman–Crippen LogP) is 0.412. The van der Waals surface area contributed by atoms with Gasteiger partial charge in [0.25, 0.3) is 5.56 Å². The zero-order chi connectivity index (χ0) is 14.9. The molecule has 21 heavy (non-hydrogen) atoms. The van der Waals surface area contributed by atoms with E-state index in [2.05, 4.69) is 5.32 Å². The van der Waals surface area contributed by atoms with Crippen LogP contribution in [0.2, 0.25) is 0 Å². The number of nitriles is 1. The minimum Gasteiger partial charge on any atom is -0.367 e. The Labute approximate surface area is 122 Å². The fourth-order valence-corrected chi connectivity index (χ4v) is 4.79. The summed E-state index contributed by atoms with van der Waals surface area (Å²) in [5, 5.41) is 12.6. The molecule has 4 unspecified atom stereocenters. The van der Waals surface area contributed by atoms with Crippen LogP contribution in [-0.2, 0) is 14.1 Å². The first-order valence-corrected chi connectivity index (χ1v) is 7.51. The summed E-state index contributed by atoms with van der Waals surface area (Å²) < 4.78 is 2.37. The molecule has 4 atom stereocenters. The van der Waals surface area contributed by atoms with Gasteiger partial charge in [-0.05, 0) is 42.9 Å². The minimum absolute atomic E-state index is 0.0388. The lowest BCUT2D eigenvalue weighted by Crippen LogP contribution is -2.40. The van der Waals surface area contributed by atoms with Crippen molar-refractivity contribution < 1.29 is 0 Å². The molecule has 110 valence electrons. The molecule has 0 saturated heterocycles. The Hall–Kier alpha value is -2.03. The van der Waals surface area contributed by atoms with E-state index in [4.69, 9.17) is 0 Å². The van der Waals surface area contributed by atoms with E-state index in [0.717, 1.165) is 16.4 Å². The monoisotopic (exact) mass is 286 g/mol. The minimum atomic E-state index is -0.517. The van der Waals surface area contributed by atoms with Crippen molar-refractivity contribution in [1.82, 2.24) is 9.13 Å². The summed E-state index contributed by atoms with van der Waals surface area (Å²) in [4.78, 5) is 24.1. The second-order valence-electron chi connectivity index (χ2n) is 6.70. The standard InChI is InChI=1S/C15H18N4O2/c1-18-13(9(6-16)14(20)19(2)15(18)21)17-12-10-7-3-4-8(5-7)11(10)12/h7-8,10-12,17H,3-5H2,1-2H3. The summed E-state index contributed by atoms with van der Waals surface area (Å²) >= 11 is 0. The van der Waals surface area contributed by atoms with Gasteiger partial charge in [0.15, 0.2) is 5.56 Å². The molecule has 0 aromatic carbocycles. The quantitative estimate of drug-likeness (QED) is 0.854. The third kappa shape index (κ3) is 1.52. The van der Waals surface area contributed by atoms with Crippen LogP contribution in [0.15, 0.2) is 9.59 Å². The molecule has 1 aromatic heterocycles. The molecule has 3 saturated carbocycles. The fraction of sp³-hybridized carbons (Fsp3) is 0.667. The molecule has 0 radical (unpaired) electrons. The molecule has 1 N–H and O–H groups in total. The van der Waals surface area contributed by atoms with Gasteiger partial charge in [-0.1, -0.05) is 0 Å². The van der Waals surface area contributed by atoms with Crippen molar-refractivity contribution in [3.8, 4) is 6.07 Å². The van der Waals surface area contributed by atoms with Crippen molar-refractivity contribution in [2.24, 2.45) is 37.8 Å². The number of rotatable bonds is 2. The van der Waals surface area contributed by atoms with Crippen molar-refractivity contribution in [3.63, 3.8) is 0 Å². The number of nitrogens with zero attached hydrogens (tertiary/aromatic N) is 3. The molecule has 6 heteroatoms. The number of aromatic nitrogens is 2. The van der Waals surface area contributed by atoms with Gasteiger partial charge >= 0.3 is 5.69 Å². The summed E-state index contributed by atoms with van der Waals surface area (Å²) in [5.41, 5.74) is -0.871. The lowest BCUT2D eigenvalue weighted by molar-refractivity contribution is 0.456. The van der Waals surface area contributed by atoms with E-state index in [1.165, 1.54) is 30.9 Å². The number of nitrogens with one attached hydrogen (secondary N) is 1. The Kier molecular flexibility index (Phi) is 2.42. The highest BCUT2D eigenvalue weighted by atomic mass is 16.2. The molecule has 3 fully saturated rings. The average molecular weight is 286 g/mol. The zero-order valence-electron chi connectivity index (χ0n) is 12.2. The first-order valence-electron chi connectivity index (χ1n) is 7.51. The molecular formula is C15H18N4O2. The third-order valence-electron chi connectivity index (χ3n) is 5.82. The van der Waals surface area contributed by atoms with Crippen LogP contribution in [0.3, 0.4) is 0 Å². The van der Waals surface area contributed by atoms with Crippen molar-refractivity contribution in [2.75, 3.05) is 5.32 Å². The first-order chi connectivity index (χ1) is 10.0. The zero-order valence-corrected chi connectivity index (χ0v) is 12.2.